The number of carbonyl (C=O) groups excluding carboxylic acids is 1. The Morgan fingerprint density at radius 3 is 2.68 bits per heavy atom. The second-order valence-corrected chi connectivity index (χ2v) is 3.81. The second kappa shape index (κ2) is 5.60. The Morgan fingerprint density at radius 2 is 2.11 bits per heavy atom. The molecule has 2 rings (SSSR count). The summed E-state index contributed by atoms with van der Waals surface area (Å²) in [7, 11) is -1.77. The van der Waals surface area contributed by atoms with Crippen molar-refractivity contribution in [2.45, 2.75) is 0 Å². The van der Waals surface area contributed by atoms with Crippen LogP contribution in [-0.2, 0) is 0 Å². The van der Waals surface area contributed by atoms with Crippen LogP contribution in [0.4, 0.5) is 10.1 Å². The minimum Gasteiger partial charge on any atom is -0.423 e. The third kappa shape index (κ3) is 3.15. The summed E-state index contributed by atoms with van der Waals surface area (Å²) in [6.45, 7) is 0. The topological polar surface area (TPSA) is 82.5 Å². The number of nitrogens with zero attached hydrogens (tertiary/aromatic N) is 1. The van der Waals surface area contributed by atoms with Gasteiger partial charge in [0.1, 0.15) is 5.82 Å². The molecule has 0 aliphatic rings. The number of anilines is 1. The lowest BCUT2D eigenvalue weighted by molar-refractivity contribution is 0.102. The van der Waals surface area contributed by atoms with Crippen LogP contribution in [-0.4, -0.2) is 28.1 Å². The summed E-state index contributed by atoms with van der Waals surface area (Å²) < 4.78 is 13.7. The molecule has 3 N–H and O–H groups in total. The quantitative estimate of drug-likeness (QED) is 0.686. The van der Waals surface area contributed by atoms with Gasteiger partial charge in [0.2, 0.25) is 0 Å². The van der Waals surface area contributed by atoms with E-state index in [0.29, 0.717) is 5.69 Å². The van der Waals surface area contributed by atoms with Crippen molar-refractivity contribution in [3.8, 4) is 0 Å². The van der Waals surface area contributed by atoms with Crippen LogP contribution in [0.3, 0.4) is 0 Å². The lowest BCUT2D eigenvalue weighted by Gasteiger charge is -2.07. The van der Waals surface area contributed by atoms with E-state index in [1.807, 2.05) is 0 Å². The van der Waals surface area contributed by atoms with Gasteiger partial charge in [0, 0.05) is 6.20 Å². The first-order valence-electron chi connectivity index (χ1n) is 5.45. The van der Waals surface area contributed by atoms with Gasteiger partial charge in [-0.15, -0.1) is 0 Å². The zero-order valence-electron chi connectivity index (χ0n) is 9.75. The fourth-order valence-electron chi connectivity index (χ4n) is 1.51. The number of halogens is 1. The Bertz CT molecular complexity index is 593. The molecule has 19 heavy (non-hydrogen) atoms. The highest BCUT2D eigenvalue weighted by Gasteiger charge is 2.17. The molecule has 0 unspecified atom stereocenters. The lowest BCUT2D eigenvalue weighted by Crippen LogP contribution is -2.30. The van der Waals surface area contributed by atoms with Gasteiger partial charge in [0.25, 0.3) is 5.91 Å². The van der Waals surface area contributed by atoms with Gasteiger partial charge in [-0.05, 0) is 29.7 Å². The summed E-state index contributed by atoms with van der Waals surface area (Å²) in [5.74, 6) is -1.46. The third-order valence-corrected chi connectivity index (χ3v) is 2.46. The summed E-state index contributed by atoms with van der Waals surface area (Å²) in [5.41, 5.74) is 0.238. The molecule has 0 bridgehead atoms. The minimum atomic E-state index is -1.77. The number of aromatic nitrogens is 1. The molecule has 0 atom stereocenters. The summed E-state index contributed by atoms with van der Waals surface area (Å²) in [6, 6.07) is 6.62. The second-order valence-electron chi connectivity index (χ2n) is 3.81. The van der Waals surface area contributed by atoms with E-state index < -0.39 is 18.8 Å². The lowest BCUT2D eigenvalue weighted by atomic mass is 9.80. The number of carbonyl (C=O) groups is 1. The molecular weight excluding hydrogens is 250 g/mol. The number of rotatable bonds is 3. The largest absolute Gasteiger partial charge is 0.488 e. The summed E-state index contributed by atoms with van der Waals surface area (Å²) >= 11 is 0. The first-order valence-corrected chi connectivity index (χ1v) is 5.45. The molecule has 0 aliphatic heterocycles. The van der Waals surface area contributed by atoms with Gasteiger partial charge in [0.05, 0.1) is 17.4 Å². The van der Waals surface area contributed by atoms with Gasteiger partial charge in [-0.25, -0.2) is 4.39 Å². The highest BCUT2D eigenvalue weighted by molar-refractivity contribution is 6.58. The summed E-state index contributed by atoms with van der Waals surface area (Å²) in [4.78, 5) is 15.6. The summed E-state index contributed by atoms with van der Waals surface area (Å²) in [5, 5.41) is 20.3. The van der Waals surface area contributed by atoms with E-state index in [-0.39, 0.29) is 11.0 Å². The normalized spacial score (nSPS) is 10.1. The molecule has 1 heterocycles. The van der Waals surface area contributed by atoms with Crippen molar-refractivity contribution in [1.29, 1.82) is 0 Å². The molecule has 96 valence electrons. The number of benzene rings is 1. The molecule has 0 saturated carbocycles. The smallest absolute Gasteiger partial charge is 0.423 e. The monoisotopic (exact) mass is 260 g/mol. The molecule has 1 aromatic heterocycles. The molecule has 5 nitrogen and oxygen atoms in total. The number of hydrogen-bond donors (Lipinski definition) is 3. The highest BCUT2D eigenvalue weighted by atomic mass is 19.1. The van der Waals surface area contributed by atoms with Crippen LogP contribution in [0, 0.1) is 5.82 Å². The minimum absolute atomic E-state index is 0.0181. The van der Waals surface area contributed by atoms with Gasteiger partial charge in [-0.3, -0.25) is 9.78 Å². The molecule has 0 spiro atoms. The predicted octanol–water partition coefficient (Wildman–Crippen LogP) is 0.153. The van der Waals surface area contributed by atoms with E-state index >= 15 is 0 Å². The number of hydrogen-bond acceptors (Lipinski definition) is 4. The Labute approximate surface area is 108 Å². The molecule has 0 fully saturated rings. The molecule has 1 amide bonds. The maximum Gasteiger partial charge on any atom is 0.488 e. The van der Waals surface area contributed by atoms with Gasteiger partial charge in [-0.2, -0.15) is 0 Å². The SMILES string of the molecule is O=C(Nc1cccnc1)c1ccc(B(O)O)cc1F. The van der Waals surface area contributed by atoms with Crippen molar-refractivity contribution in [3.63, 3.8) is 0 Å². The van der Waals surface area contributed by atoms with Crippen molar-refractivity contribution in [1.82, 2.24) is 4.98 Å². The van der Waals surface area contributed by atoms with Gasteiger partial charge < -0.3 is 15.4 Å². The molecule has 7 heteroatoms. The van der Waals surface area contributed by atoms with Crippen LogP contribution in [0.15, 0.2) is 42.7 Å². The van der Waals surface area contributed by atoms with Gasteiger partial charge >= 0.3 is 7.12 Å². The van der Waals surface area contributed by atoms with Crippen LogP contribution >= 0.6 is 0 Å². The molecular formula is C12H10BFN2O3. The van der Waals surface area contributed by atoms with Gasteiger partial charge in [-0.1, -0.05) is 6.07 Å². The molecule has 0 radical (unpaired) electrons. The van der Waals surface area contributed by atoms with Crippen LogP contribution in [0.25, 0.3) is 0 Å². The van der Waals surface area contributed by atoms with E-state index in [1.165, 1.54) is 18.3 Å². The first-order chi connectivity index (χ1) is 9.08. The van der Waals surface area contributed by atoms with Crippen molar-refractivity contribution < 1.29 is 19.2 Å². The number of pyridine rings is 1. The molecule has 1 aromatic carbocycles. The van der Waals surface area contributed by atoms with E-state index in [2.05, 4.69) is 10.3 Å². The molecule has 0 saturated heterocycles. The number of nitrogens with one attached hydrogen (secondary N) is 1. The van der Waals surface area contributed by atoms with Crippen LogP contribution in [0.5, 0.6) is 0 Å². The fraction of sp³-hybridized carbons (Fsp3) is 0. The third-order valence-electron chi connectivity index (χ3n) is 2.46. The first kappa shape index (κ1) is 13.2. The Hall–Kier alpha value is -2.25. The highest BCUT2D eigenvalue weighted by Crippen LogP contribution is 2.10. The average Bonchev–Trinajstić information content (AvgIpc) is 2.39. The average molecular weight is 260 g/mol. The molecule has 2 aromatic rings. The Morgan fingerprint density at radius 1 is 1.32 bits per heavy atom. The number of amides is 1. The fourth-order valence-corrected chi connectivity index (χ4v) is 1.51. The van der Waals surface area contributed by atoms with E-state index in [4.69, 9.17) is 10.0 Å². The van der Waals surface area contributed by atoms with Crippen molar-refractivity contribution in [2.24, 2.45) is 0 Å². The zero-order valence-corrected chi connectivity index (χ0v) is 9.75. The summed E-state index contributed by atoms with van der Waals surface area (Å²) in [6.07, 6.45) is 2.98. The predicted molar refractivity (Wildman–Crippen MR) is 68.4 cm³/mol. The van der Waals surface area contributed by atoms with E-state index in [0.717, 1.165) is 6.07 Å². The van der Waals surface area contributed by atoms with Crippen molar-refractivity contribution in [2.75, 3.05) is 5.32 Å². The Kier molecular flexibility index (Phi) is 3.89. The van der Waals surface area contributed by atoms with Crippen molar-refractivity contribution >= 4 is 24.2 Å². The van der Waals surface area contributed by atoms with Crippen LogP contribution in [0.2, 0.25) is 0 Å². The zero-order chi connectivity index (χ0) is 13.8. The van der Waals surface area contributed by atoms with Crippen LogP contribution in [0.1, 0.15) is 10.4 Å². The maximum atomic E-state index is 13.7. The Balaban J connectivity index is 2.20. The van der Waals surface area contributed by atoms with Crippen LogP contribution < -0.4 is 10.8 Å². The van der Waals surface area contributed by atoms with E-state index in [1.54, 1.807) is 18.3 Å². The standard InChI is InChI=1S/C12H10BFN2O3/c14-11-6-8(13(18)19)3-4-10(11)12(17)16-9-2-1-5-15-7-9/h1-7,18-19H,(H,16,17). The maximum absolute atomic E-state index is 13.7. The van der Waals surface area contributed by atoms with Crippen molar-refractivity contribution in [3.05, 3.63) is 54.1 Å². The molecule has 0 aliphatic carbocycles. The van der Waals surface area contributed by atoms with Gasteiger partial charge in [0.15, 0.2) is 0 Å². The van der Waals surface area contributed by atoms with E-state index in [9.17, 15) is 9.18 Å².